The highest BCUT2D eigenvalue weighted by molar-refractivity contribution is 7.10. The lowest BCUT2D eigenvalue weighted by Crippen LogP contribution is -2.34. The van der Waals surface area contributed by atoms with Crippen molar-refractivity contribution in [3.05, 3.63) is 64.4 Å². The first-order valence-electron chi connectivity index (χ1n) is 14.0. The predicted octanol–water partition coefficient (Wildman–Crippen LogP) is 5.11. The monoisotopic (exact) mass is 577 g/mol. The van der Waals surface area contributed by atoms with E-state index in [1.165, 1.54) is 4.88 Å². The van der Waals surface area contributed by atoms with Crippen molar-refractivity contribution in [2.45, 2.75) is 18.8 Å². The molecule has 1 amide bonds. The Balaban J connectivity index is 1.23. The van der Waals surface area contributed by atoms with Crippen LogP contribution in [0.2, 0.25) is 0 Å². The summed E-state index contributed by atoms with van der Waals surface area (Å²) in [5, 5.41) is 2.11. The lowest BCUT2D eigenvalue weighted by atomic mass is 10.0. The third kappa shape index (κ3) is 6.60. The number of carbonyl (C=O) groups is 1. The molecule has 10 heteroatoms. The molecule has 218 valence electrons. The Morgan fingerprint density at radius 2 is 1.80 bits per heavy atom. The van der Waals surface area contributed by atoms with Gasteiger partial charge in [-0.1, -0.05) is 18.2 Å². The average molecular weight is 578 g/mol. The number of aromatic amines is 1. The highest BCUT2D eigenvalue weighted by Gasteiger charge is 2.24. The van der Waals surface area contributed by atoms with E-state index in [9.17, 15) is 4.79 Å². The van der Waals surface area contributed by atoms with Crippen molar-refractivity contribution in [3.8, 4) is 17.2 Å². The first-order chi connectivity index (χ1) is 20.0. The van der Waals surface area contributed by atoms with Gasteiger partial charge in [-0.2, -0.15) is 0 Å². The van der Waals surface area contributed by atoms with Crippen molar-refractivity contribution in [1.29, 1.82) is 0 Å². The van der Waals surface area contributed by atoms with Gasteiger partial charge in [-0.05, 0) is 61.6 Å². The van der Waals surface area contributed by atoms with Gasteiger partial charge < -0.3 is 33.9 Å². The van der Waals surface area contributed by atoms with E-state index in [0.29, 0.717) is 29.4 Å². The molecule has 1 aliphatic heterocycles. The van der Waals surface area contributed by atoms with E-state index < -0.39 is 0 Å². The van der Waals surface area contributed by atoms with Gasteiger partial charge in [-0.15, -0.1) is 11.3 Å². The predicted molar refractivity (Wildman–Crippen MR) is 164 cm³/mol. The lowest BCUT2D eigenvalue weighted by Gasteiger charge is -2.27. The van der Waals surface area contributed by atoms with Crippen molar-refractivity contribution in [2.75, 3.05) is 72.5 Å². The average Bonchev–Trinajstić information content (AvgIpc) is 3.64. The van der Waals surface area contributed by atoms with Gasteiger partial charge in [0.2, 0.25) is 11.7 Å². The topological polar surface area (TPSA) is 83.2 Å². The van der Waals surface area contributed by atoms with Gasteiger partial charge in [0, 0.05) is 49.6 Å². The van der Waals surface area contributed by atoms with Crippen LogP contribution in [0, 0.1) is 0 Å². The van der Waals surface area contributed by atoms with Crippen LogP contribution in [0.25, 0.3) is 11.0 Å². The summed E-state index contributed by atoms with van der Waals surface area (Å²) in [5.41, 5.74) is 2.59. The van der Waals surface area contributed by atoms with Crippen molar-refractivity contribution in [3.63, 3.8) is 0 Å². The van der Waals surface area contributed by atoms with Crippen LogP contribution in [0.1, 0.15) is 34.0 Å². The maximum atomic E-state index is 13.5. The third-order valence-electron chi connectivity index (χ3n) is 7.76. The summed E-state index contributed by atoms with van der Waals surface area (Å²) in [6.07, 6.45) is 2.05. The van der Waals surface area contributed by atoms with Crippen LogP contribution in [-0.4, -0.2) is 93.3 Å². The number of fused-ring (bicyclic) bond motifs is 1. The van der Waals surface area contributed by atoms with Gasteiger partial charge in [0.05, 0.1) is 32.4 Å². The molecule has 41 heavy (non-hydrogen) atoms. The quantitative estimate of drug-likeness (QED) is 0.265. The number of thiophene rings is 1. The highest BCUT2D eigenvalue weighted by Crippen LogP contribution is 2.38. The summed E-state index contributed by atoms with van der Waals surface area (Å²) in [7, 11) is 6.53. The molecule has 0 spiro atoms. The molecule has 1 aliphatic rings. The number of anilines is 1. The molecule has 1 unspecified atom stereocenters. The van der Waals surface area contributed by atoms with Crippen molar-refractivity contribution < 1.29 is 19.0 Å². The van der Waals surface area contributed by atoms with Gasteiger partial charge in [0.15, 0.2) is 11.5 Å². The summed E-state index contributed by atoms with van der Waals surface area (Å²) in [6.45, 7) is 5.54. The van der Waals surface area contributed by atoms with Crippen LogP contribution in [0.3, 0.4) is 0 Å². The number of amides is 1. The molecule has 0 saturated carbocycles. The smallest absolute Gasteiger partial charge is 0.253 e. The fraction of sp³-hybridized carbons (Fsp3) is 0.419. The van der Waals surface area contributed by atoms with Gasteiger partial charge in [0.1, 0.15) is 0 Å². The summed E-state index contributed by atoms with van der Waals surface area (Å²) >= 11 is 1.75. The molecule has 1 N–H and O–H groups in total. The number of carbonyl (C=O) groups excluding carboxylic acids is 1. The second kappa shape index (κ2) is 13.3. The first-order valence-corrected chi connectivity index (χ1v) is 14.9. The van der Waals surface area contributed by atoms with Crippen LogP contribution < -0.4 is 19.1 Å². The molecule has 4 aromatic rings. The van der Waals surface area contributed by atoms with Gasteiger partial charge in [-0.25, -0.2) is 4.98 Å². The van der Waals surface area contributed by atoms with Crippen LogP contribution in [0.15, 0.2) is 53.9 Å². The number of H-pyrrole nitrogens is 1. The van der Waals surface area contributed by atoms with E-state index in [4.69, 9.17) is 19.2 Å². The maximum Gasteiger partial charge on any atom is 0.253 e. The summed E-state index contributed by atoms with van der Waals surface area (Å²) in [5.74, 6) is 2.52. The number of nitrogens with zero attached hydrogens (tertiary/aromatic N) is 4. The van der Waals surface area contributed by atoms with Crippen LogP contribution in [-0.2, 0) is 0 Å². The van der Waals surface area contributed by atoms with Crippen LogP contribution >= 0.6 is 11.3 Å². The number of para-hydroxylation sites is 2. The molecule has 2 aromatic heterocycles. The number of aromatic nitrogens is 2. The molecular formula is C31H39N5O4S. The zero-order valence-electron chi connectivity index (χ0n) is 24.3. The summed E-state index contributed by atoms with van der Waals surface area (Å²) in [6, 6.07) is 15.9. The Kier molecular flexibility index (Phi) is 9.31. The van der Waals surface area contributed by atoms with Crippen molar-refractivity contribution in [2.24, 2.45) is 0 Å². The molecule has 2 aromatic carbocycles. The normalized spacial score (nSPS) is 15.0. The molecule has 0 bridgehead atoms. The fourth-order valence-corrected chi connectivity index (χ4v) is 6.38. The van der Waals surface area contributed by atoms with E-state index in [-0.39, 0.29) is 11.8 Å². The molecule has 1 fully saturated rings. The highest BCUT2D eigenvalue weighted by atomic mass is 32.1. The number of rotatable bonds is 11. The Morgan fingerprint density at radius 3 is 2.49 bits per heavy atom. The lowest BCUT2D eigenvalue weighted by molar-refractivity contribution is 0.0782. The molecule has 0 aliphatic carbocycles. The first kappa shape index (κ1) is 28.8. The number of ether oxygens (including phenoxy) is 3. The van der Waals surface area contributed by atoms with Gasteiger partial charge in [0.25, 0.3) is 5.91 Å². The van der Waals surface area contributed by atoms with E-state index in [1.807, 2.05) is 25.2 Å². The number of methoxy groups -OCH3 is 3. The number of hydrogen-bond donors (Lipinski definition) is 1. The third-order valence-corrected chi connectivity index (χ3v) is 8.79. The standard InChI is InChI=1S/C31H39N5O4S/c1-34(30(37)23-19-26(38-2)29(40-4)27(20-23)39-3)21-22(28-11-7-18-41-28)12-15-35-13-8-14-36(17-16-35)31-32-24-9-5-6-10-25(24)33-31/h5-7,9-11,18-20,22H,8,12-17,21H2,1-4H3,(H,32,33). The van der Waals surface area contributed by atoms with Crippen LogP contribution in [0.5, 0.6) is 17.2 Å². The van der Waals surface area contributed by atoms with Gasteiger partial charge >= 0.3 is 0 Å². The Hall–Kier alpha value is -3.76. The molecule has 1 atom stereocenters. The molecular weight excluding hydrogens is 538 g/mol. The number of nitrogens with one attached hydrogen (secondary N) is 1. The minimum atomic E-state index is -0.0814. The zero-order valence-corrected chi connectivity index (χ0v) is 25.1. The van der Waals surface area contributed by atoms with Crippen molar-refractivity contribution in [1.82, 2.24) is 19.8 Å². The zero-order chi connectivity index (χ0) is 28.8. The summed E-state index contributed by atoms with van der Waals surface area (Å²) in [4.78, 5) is 29.8. The second-order valence-corrected chi connectivity index (χ2v) is 11.3. The van der Waals surface area contributed by atoms with E-state index in [0.717, 1.165) is 62.5 Å². The van der Waals surface area contributed by atoms with E-state index in [1.54, 1.807) is 49.7 Å². The largest absolute Gasteiger partial charge is 0.493 e. The number of likely N-dealkylation sites (N-methyl/N-ethyl adjacent to an activating group) is 1. The molecule has 0 radical (unpaired) electrons. The SMILES string of the molecule is COc1cc(C(=O)N(C)CC(CCN2CCCN(c3nc4ccccc4[nH]3)CC2)c2cccs2)cc(OC)c1OC. The maximum absolute atomic E-state index is 13.5. The van der Waals surface area contributed by atoms with Gasteiger partial charge in [-0.3, -0.25) is 4.79 Å². The minimum Gasteiger partial charge on any atom is -0.493 e. The Morgan fingerprint density at radius 1 is 1.02 bits per heavy atom. The Bertz CT molecular complexity index is 1380. The second-order valence-electron chi connectivity index (χ2n) is 10.4. The van der Waals surface area contributed by atoms with E-state index >= 15 is 0 Å². The number of imidazole rings is 1. The van der Waals surface area contributed by atoms with Crippen molar-refractivity contribution >= 4 is 34.2 Å². The van der Waals surface area contributed by atoms with E-state index in [2.05, 4.69) is 38.4 Å². The Labute approximate surface area is 245 Å². The molecule has 1 saturated heterocycles. The minimum absolute atomic E-state index is 0.0814. The summed E-state index contributed by atoms with van der Waals surface area (Å²) < 4.78 is 16.4. The van der Waals surface area contributed by atoms with Crippen LogP contribution in [0.4, 0.5) is 5.95 Å². The molecule has 9 nitrogen and oxygen atoms in total. The molecule has 3 heterocycles. The molecule has 5 rings (SSSR count). The number of hydrogen-bond acceptors (Lipinski definition) is 8. The fourth-order valence-electron chi connectivity index (χ4n) is 5.52. The number of benzene rings is 2.